The highest BCUT2D eigenvalue weighted by Gasteiger charge is 2.20. The zero-order valence-corrected chi connectivity index (χ0v) is 11.7. The van der Waals surface area contributed by atoms with E-state index in [-0.39, 0.29) is 0 Å². The van der Waals surface area contributed by atoms with Gasteiger partial charge in [-0.1, -0.05) is 49.2 Å². The second-order valence-electron chi connectivity index (χ2n) is 5.87. The van der Waals surface area contributed by atoms with Crippen LogP contribution in [0.15, 0.2) is 42.5 Å². The molecular weight excluding hydrogens is 230 g/mol. The molecule has 19 heavy (non-hydrogen) atoms. The largest absolute Gasteiger partial charge is 0.310 e. The second-order valence-corrected chi connectivity index (χ2v) is 5.87. The van der Waals surface area contributed by atoms with Crippen LogP contribution in [0.25, 0.3) is 10.8 Å². The summed E-state index contributed by atoms with van der Waals surface area (Å²) in [4.78, 5) is 0. The van der Waals surface area contributed by atoms with Gasteiger partial charge in [0.05, 0.1) is 0 Å². The standard InChI is InChI=1S/C18H23N/c1-14(19-12-4-5-15-8-9-15)17-11-10-16-6-2-3-7-18(16)13-17/h2-3,6-7,10-11,13-15,19H,4-5,8-9,12H2,1H3. The van der Waals surface area contributed by atoms with Crippen molar-refractivity contribution in [2.75, 3.05) is 6.54 Å². The van der Waals surface area contributed by atoms with E-state index < -0.39 is 0 Å². The van der Waals surface area contributed by atoms with Gasteiger partial charge < -0.3 is 5.32 Å². The average molecular weight is 253 g/mol. The summed E-state index contributed by atoms with van der Waals surface area (Å²) < 4.78 is 0. The first-order valence-corrected chi connectivity index (χ1v) is 7.55. The highest BCUT2D eigenvalue weighted by Crippen LogP contribution is 2.33. The maximum Gasteiger partial charge on any atom is 0.0292 e. The van der Waals surface area contributed by atoms with E-state index in [1.54, 1.807) is 0 Å². The van der Waals surface area contributed by atoms with Crippen molar-refractivity contribution < 1.29 is 0 Å². The first-order chi connectivity index (χ1) is 9.33. The fourth-order valence-corrected chi connectivity index (χ4v) is 2.71. The molecule has 0 aromatic heterocycles. The van der Waals surface area contributed by atoms with E-state index in [1.807, 2.05) is 0 Å². The number of hydrogen-bond donors (Lipinski definition) is 1. The summed E-state index contributed by atoms with van der Waals surface area (Å²) in [6.07, 6.45) is 5.68. The van der Waals surface area contributed by atoms with Gasteiger partial charge in [0.25, 0.3) is 0 Å². The third kappa shape index (κ3) is 3.36. The van der Waals surface area contributed by atoms with Crippen LogP contribution in [0, 0.1) is 5.92 Å². The monoisotopic (exact) mass is 253 g/mol. The molecule has 0 radical (unpaired) electrons. The molecule has 0 heterocycles. The topological polar surface area (TPSA) is 12.0 Å². The average Bonchev–Trinajstić information content (AvgIpc) is 3.27. The zero-order chi connectivity index (χ0) is 13.1. The summed E-state index contributed by atoms with van der Waals surface area (Å²) in [6, 6.07) is 15.8. The maximum atomic E-state index is 3.65. The van der Waals surface area contributed by atoms with Crippen LogP contribution in [0.3, 0.4) is 0 Å². The minimum Gasteiger partial charge on any atom is -0.310 e. The minimum absolute atomic E-state index is 0.448. The van der Waals surface area contributed by atoms with Gasteiger partial charge in [0, 0.05) is 6.04 Å². The normalized spacial score (nSPS) is 16.7. The summed E-state index contributed by atoms with van der Waals surface area (Å²) in [5, 5.41) is 6.31. The summed E-state index contributed by atoms with van der Waals surface area (Å²) in [7, 11) is 0. The Morgan fingerprint density at radius 2 is 1.89 bits per heavy atom. The molecule has 100 valence electrons. The lowest BCUT2D eigenvalue weighted by atomic mass is 10.0. The first kappa shape index (κ1) is 12.7. The Morgan fingerprint density at radius 1 is 1.11 bits per heavy atom. The summed E-state index contributed by atoms with van der Waals surface area (Å²) >= 11 is 0. The molecule has 1 aliphatic rings. The number of rotatable bonds is 6. The van der Waals surface area contributed by atoms with E-state index in [9.17, 15) is 0 Å². The predicted octanol–water partition coefficient (Wildman–Crippen LogP) is 4.68. The van der Waals surface area contributed by atoms with Gasteiger partial charge in [-0.05, 0) is 54.6 Å². The van der Waals surface area contributed by atoms with Crippen molar-refractivity contribution in [1.82, 2.24) is 5.32 Å². The number of benzene rings is 2. The number of fused-ring (bicyclic) bond motifs is 1. The Labute approximate surface area is 116 Å². The van der Waals surface area contributed by atoms with Crippen LogP contribution in [0.4, 0.5) is 0 Å². The molecule has 0 aliphatic heterocycles. The summed E-state index contributed by atoms with van der Waals surface area (Å²) in [5.74, 6) is 1.05. The van der Waals surface area contributed by atoms with Crippen molar-refractivity contribution in [2.45, 2.75) is 38.6 Å². The molecule has 2 aromatic rings. The van der Waals surface area contributed by atoms with Gasteiger partial charge >= 0.3 is 0 Å². The molecule has 0 amide bonds. The van der Waals surface area contributed by atoms with Crippen LogP contribution in [0.5, 0.6) is 0 Å². The third-order valence-electron chi connectivity index (χ3n) is 4.21. The van der Waals surface area contributed by atoms with Crippen molar-refractivity contribution in [3.8, 4) is 0 Å². The lowest BCUT2D eigenvalue weighted by molar-refractivity contribution is 0.533. The molecule has 1 heteroatoms. The maximum absolute atomic E-state index is 3.65. The quantitative estimate of drug-likeness (QED) is 0.737. The molecule has 1 atom stereocenters. The first-order valence-electron chi connectivity index (χ1n) is 7.55. The van der Waals surface area contributed by atoms with Crippen molar-refractivity contribution in [1.29, 1.82) is 0 Å². The second kappa shape index (κ2) is 5.75. The van der Waals surface area contributed by atoms with Gasteiger partial charge in [-0.15, -0.1) is 0 Å². The fourth-order valence-electron chi connectivity index (χ4n) is 2.71. The molecule has 1 unspecified atom stereocenters. The highest BCUT2D eigenvalue weighted by molar-refractivity contribution is 5.83. The predicted molar refractivity (Wildman–Crippen MR) is 82.3 cm³/mol. The number of nitrogens with one attached hydrogen (secondary N) is 1. The van der Waals surface area contributed by atoms with Crippen LogP contribution >= 0.6 is 0 Å². The van der Waals surface area contributed by atoms with Crippen LogP contribution in [-0.2, 0) is 0 Å². The number of hydrogen-bond acceptors (Lipinski definition) is 1. The van der Waals surface area contributed by atoms with Crippen LogP contribution in [0.2, 0.25) is 0 Å². The highest BCUT2D eigenvalue weighted by atomic mass is 14.9. The molecule has 1 N–H and O–H groups in total. The Balaban J connectivity index is 1.58. The molecule has 0 saturated heterocycles. The van der Waals surface area contributed by atoms with E-state index >= 15 is 0 Å². The van der Waals surface area contributed by atoms with Gasteiger partial charge in [0.2, 0.25) is 0 Å². The zero-order valence-electron chi connectivity index (χ0n) is 11.7. The fraction of sp³-hybridized carbons (Fsp3) is 0.444. The Kier molecular flexibility index (Phi) is 3.84. The molecule has 3 rings (SSSR count). The smallest absolute Gasteiger partial charge is 0.0292 e. The SMILES string of the molecule is CC(NCCCC1CC1)c1ccc2ccccc2c1. The van der Waals surface area contributed by atoms with Crippen molar-refractivity contribution >= 4 is 10.8 Å². The Morgan fingerprint density at radius 3 is 2.68 bits per heavy atom. The van der Waals surface area contributed by atoms with Gasteiger partial charge in [-0.2, -0.15) is 0 Å². The summed E-state index contributed by atoms with van der Waals surface area (Å²) in [6.45, 7) is 3.41. The Hall–Kier alpha value is -1.34. The van der Waals surface area contributed by atoms with E-state index in [2.05, 4.69) is 54.7 Å². The van der Waals surface area contributed by atoms with E-state index in [0.717, 1.165) is 12.5 Å². The van der Waals surface area contributed by atoms with Gasteiger partial charge in [0.1, 0.15) is 0 Å². The van der Waals surface area contributed by atoms with Gasteiger partial charge in [-0.25, -0.2) is 0 Å². The van der Waals surface area contributed by atoms with E-state index in [4.69, 9.17) is 0 Å². The van der Waals surface area contributed by atoms with Gasteiger partial charge in [-0.3, -0.25) is 0 Å². The van der Waals surface area contributed by atoms with E-state index in [1.165, 1.54) is 42.0 Å². The molecule has 1 aliphatic carbocycles. The Bertz CT molecular complexity index is 542. The van der Waals surface area contributed by atoms with Crippen molar-refractivity contribution in [3.05, 3.63) is 48.0 Å². The van der Waals surface area contributed by atoms with Crippen LogP contribution in [0.1, 0.15) is 44.2 Å². The lowest BCUT2D eigenvalue weighted by Crippen LogP contribution is -2.19. The van der Waals surface area contributed by atoms with Crippen LogP contribution in [-0.4, -0.2) is 6.54 Å². The molecule has 1 nitrogen and oxygen atoms in total. The molecule has 2 aromatic carbocycles. The molecular formula is C18H23N. The third-order valence-corrected chi connectivity index (χ3v) is 4.21. The van der Waals surface area contributed by atoms with Crippen molar-refractivity contribution in [3.63, 3.8) is 0 Å². The lowest BCUT2D eigenvalue weighted by Gasteiger charge is -2.15. The molecule has 0 bridgehead atoms. The van der Waals surface area contributed by atoms with Crippen molar-refractivity contribution in [2.24, 2.45) is 5.92 Å². The minimum atomic E-state index is 0.448. The molecule has 1 fully saturated rings. The van der Waals surface area contributed by atoms with Gasteiger partial charge in [0.15, 0.2) is 0 Å². The molecule has 1 saturated carbocycles. The molecule has 0 spiro atoms. The summed E-state index contributed by atoms with van der Waals surface area (Å²) in [5.41, 5.74) is 1.39. The van der Waals surface area contributed by atoms with E-state index in [0.29, 0.717) is 6.04 Å². The van der Waals surface area contributed by atoms with Crippen LogP contribution < -0.4 is 5.32 Å².